The Morgan fingerprint density at radius 3 is 2.47 bits per heavy atom. The Balaban J connectivity index is 2.17. The number of amides is 1. The molecular weight excluding hydrogens is 400 g/mol. The third-order valence-electron chi connectivity index (χ3n) is 4.66. The highest BCUT2D eigenvalue weighted by molar-refractivity contribution is 5.92. The topological polar surface area (TPSA) is 41.6 Å². The van der Waals surface area contributed by atoms with Gasteiger partial charge in [0, 0.05) is 24.9 Å². The summed E-state index contributed by atoms with van der Waals surface area (Å²) in [5.74, 6) is -1.40. The number of nitrogens with zero attached hydrogens (tertiary/aromatic N) is 1. The van der Waals surface area contributed by atoms with Crippen LogP contribution in [-0.4, -0.2) is 49.3 Å². The number of rotatable bonds is 6. The van der Waals surface area contributed by atoms with Gasteiger partial charge in [0.15, 0.2) is 6.04 Å². The third-order valence-corrected chi connectivity index (χ3v) is 4.66. The summed E-state index contributed by atoms with van der Waals surface area (Å²) in [5.41, 5.74) is 1.64. The summed E-state index contributed by atoms with van der Waals surface area (Å²) in [6.07, 6.45) is 0.343. The summed E-state index contributed by atoms with van der Waals surface area (Å²) in [6.45, 7) is 7.13. The Kier molecular flexibility index (Phi) is 8.23. The Morgan fingerprint density at radius 2 is 1.90 bits per heavy atom. The van der Waals surface area contributed by atoms with Crippen LogP contribution in [0, 0.1) is 12.7 Å². The Labute approximate surface area is 173 Å². The summed E-state index contributed by atoms with van der Waals surface area (Å²) in [4.78, 5) is 14.1. The molecule has 1 amide bonds. The van der Waals surface area contributed by atoms with E-state index < -0.39 is 23.9 Å². The zero-order valence-corrected chi connectivity index (χ0v) is 17.2. The molecule has 0 spiro atoms. The number of ether oxygens (including phenoxy) is 1. The van der Waals surface area contributed by atoms with Gasteiger partial charge in [0.1, 0.15) is 5.82 Å². The highest BCUT2D eigenvalue weighted by atomic mass is 19.4. The molecule has 8 heteroatoms. The van der Waals surface area contributed by atoms with Crippen LogP contribution >= 0.6 is 0 Å². The molecule has 0 bridgehead atoms. The van der Waals surface area contributed by atoms with Gasteiger partial charge in [-0.1, -0.05) is 12.1 Å². The molecule has 0 saturated carbocycles. The first-order valence-corrected chi connectivity index (χ1v) is 9.60. The summed E-state index contributed by atoms with van der Waals surface area (Å²) in [7, 11) is 0. The monoisotopic (exact) mass is 426 g/mol. The number of benzene rings is 1. The van der Waals surface area contributed by atoms with E-state index in [1.165, 1.54) is 37.3 Å². The lowest BCUT2D eigenvalue weighted by molar-refractivity contribution is -0.152. The van der Waals surface area contributed by atoms with Crippen molar-refractivity contribution in [2.75, 3.05) is 26.3 Å². The number of hydrogen-bond donors (Lipinski definition) is 1. The molecule has 1 aromatic carbocycles. The largest absolute Gasteiger partial charge is 0.412 e. The van der Waals surface area contributed by atoms with Gasteiger partial charge in [0.05, 0.1) is 13.2 Å². The van der Waals surface area contributed by atoms with Crippen molar-refractivity contribution in [3.63, 3.8) is 0 Å². The number of aryl methyl sites for hydroxylation is 1. The van der Waals surface area contributed by atoms with Crippen LogP contribution in [0.4, 0.5) is 17.6 Å². The van der Waals surface area contributed by atoms with Gasteiger partial charge < -0.3 is 15.0 Å². The minimum Gasteiger partial charge on any atom is -0.378 e. The second kappa shape index (κ2) is 10.4. The quantitative estimate of drug-likeness (QED) is 0.417. The van der Waals surface area contributed by atoms with Crippen molar-refractivity contribution in [3.05, 3.63) is 64.6 Å². The van der Waals surface area contributed by atoms with E-state index in [0.29, 0.717) is 43.1 Å². The number of halogens is 4. The van der Waals surface area contributed by atoms with Crippen LogP contribution < -0.4 is 5.32 Å². The molecule has 0 radical (unpaired) electrons. The van der Waals surface area contributed by atoms with E-state index >= 15 is 0 Å². The van der Waals surface area contributed by atoms with E-state index in [-0.39, 0.29) is 5.57 Å². The molecule has 1 unspecified atom stereocenters. The first kappa shape index (κ1) is 23.7. The van der Waals surface area contributed by atoms with Crippen molar-refractivity contribution in [2.45, 2.75) is 33.0 Å². The molecule has 0 aliphatic carbocycles. The average Bonchev–Trinajstić information content (AvgIpc) is 2.68. The molecule has 30 heavy (non-hydrogen) atoms. The van der Waals surface area contributed by atoms with E-state index in [2.05, 4.69) is 0 Å². The minimum absolute atomic E-state index is 0.0603. The molecular formula is C22H26F4N2O2. The molecule has 4 nitrogen and oxygen atoms in total. The first-order chi connectivity index (χ1) is 14.1. The van der Waals surface area contributed by atoms with Crippen LogP contribution in [0.1, 0.15) is 25.0 Å². The zero-order chi connectivity index (χ0) is 22.3. The predicted molar refractivity (Wildman–Crippen MR) is 108 cm³/mol. The number of nitrogens with one attached hydrogen (secondary N) is 1. The molecule has 0 aromatic heterocycles. The summed E-state index contributed by atoms with van der Waals surface area (Å²) in [5, 5.41) is 2.02. The molecule has 1 aliphatic heterocycles. The van der Waals surface area contributed by atoms with Crippen molar-refractivity contribution in [3.8, 4) is 0 Å². The zero-order valence-electron chi connectivity index (χ0n) is 17.2. The van der Waals surface area contributed by atoms with Crippen LogP contribution in [0.25, 0.3) is 6.08 Å². The van der Waals surface area contributed by atoms with Crippen LogP contribution in [0.15, 0.2) is 47.7 Å². The van der Waals surface area contributed by atoms with Gasteiger partial charge in [-0.2, -0.15) is 13.2 Å². The molecule has 1 N–H and O–H groups in total. The maximum atomic E-state index is 13.7. The maximum absolute atomic E-state index is 13.7. The molecule has 1 aliphatic rings. The number of hydrogen-bond acceptors (Lipinski definition) is 3. The minimum atomic E-state index is -4.68. The van der Waals surface area contributed by atoms with E-state index in [0.717, 1.165) is 6.08 Å². The van der Waals surface area contributed by atoms with Gasteiger partial charge in [-0.05, 0) is 61.8 Å². The molecule has 1 saturated heterocycles. The van der Waals surface area contributed by atoms with Crippen molar-refractivity contribution >= 4 is 12.0 Å². The molecule has 164 valence electrons. The second-order valence-corrected chi connectivity index (χ2v) is 7.05. The number of alkyl halides is 3. The lowest BCUT2D eigenvalue weighted by Crippen LogP contribution is -2.46. The van der Waals surface area contributed by atoms with Gasteiger partial charge in [-0.3, -0.25) is 4.79 Å². The van der Waals surface area contributed by atoms with Crippen LogP contribution in [0.3, 0.4) is 0 Å². The smallest absolute Gasteiger partial charge is 0.378 e. The summed E-state index contributed by atoms with van der Waals surface area (Å²) >= 11 is 0. The molecule has 1 atom stereocenters. The lowest BCUT2D eigenvalue weighted by Gasteiger charge is -2.30. The molecule has 1 aromatic rings. The van der Waals surface area contributed by atoms with E-state index in [1.54, 1.807) is 19.9 Å². The fourth-order valence-electron chi connectivity index (χ4n) is 3.16. The summed E-state index contributed by atoms with van der Waals surface area (Å²) in [6, 6.07) is 1.98. The van der Waals surface area contributed by atoms with Crippen LogP contribution in [0.2, 0.25) is 0 Å². The van der Waals surface area contributed by atoms with E-state index in [9.17, 15) is 22.4 Å². The van der Waals surface area contributed by atoms with Gasteiger partial charge in [-0.25, -0.2) is 4.39 Å². The Bertz CT molecular complexity index is 818. The van der Waals surface area contributed by atoms with Crippen LogP contribution in [0.5, 0.6) is 0 Å². The molecule has 1 fully saturated rings. The van der Waals surface area contributed by atoms with Gasteiger partial charge in [0.25, 0.3) is 0 Å². The van der Waals surface area contributed by atoms with Crippen LogP contribution in [-0.2, 0) is 9.53 Å². The van der Waals surface area contributed by atoms with Gasteiger partial charge in [0.2, 0.25) is 5.91 Å². The normalized spacial score (nSPS) is 17.4. The van der Waals surface area contributed by atoms with Crippen molar-refractivity contribution in [1.82, 2.24) is 10.2 Å². The molecule has 2 rings (SSSR count). The van der Waals surface area contributed by atoms with Crippen molar-refractivity contribution in [1.29, 1.82) is 0 Å². The second-order valence-electron chi connectivity index (χ2n) is 7.05. The van der Waals surface area contributed by atoms with E-state index in [4.69, 9.17) is 4.74 Å². The van der Waals surface area contributed by atoms with Crippen molar-refractivity contribution < 1.29 is 27.1 Å². The first-order valence-electron chi connectivity index (χ1n) is 9.60. The standard InChI is InChI=1S/C22H26F4N2O2/c1-4-18(13-16(3)28-7-9-30-10-8-28)21(22(24,25)26)27-20(29)6-5-17-11-15(2)12-19(23)14-17/h4-6,11-14,21H,7-10H2,1-3H3,(H,27,29)/b6-5+,16-13+,18-4+. The van der Waals surface area contributed by atoms with Crippen molar-refractivity contribution in [2.24, 2.45) is 0 Å². The molecule has 1 heterocycles. The summed E-state index contributed by atoms with van der Waals surface area (Å²) < 4.78 is 59.8. The Hall–Kier alpha value is -2.61. The lowest BCUT2D eigenvalue weighted by atomic mass is 10.0. The fourth-order valence-corrected chi connectivity index (χ4v) is 3.16. The Morgan fingerprint density at radius 1 is 1.23 bits per heavy atom. The number of allylic oxidation sites excluding steroid dienone is 2. The van der Waals surface area contributed by atoms with Gasteiger partial charge >= 0.3 is 6.18 Å². The third kappa shape index (κ3) is 7.02. The SMILES string of the molecule is C/C=C(\C=C(/C)N1CCOCC1)C(NC(=O)/C=C/c1cc(C)cc(F)c1)C(F)(F)F. The van der Waals surface area contributed by atoms with Gasteiger partial charge in [-0.15, -0.1) is 0 Å². The predicted octanol–water partition coefficient (Wildman–Crippen LogP) is 4.38. The number of carbonyl (C=O) groups is 1. The number of morpholine rings is 1. The highest BCUT2D eigenvalue weighted by Crippen LogP contribution is 2.27. The average molecular weight is 426 g/mol. The maximum Gasteiger partial charge on any atom is 0.412 e. The number of carbonyl (C=O) groups excluding carboxylic acids is 1. The van der Waals surface area contributed by atoms with E-state index in [1.807, 2.05) is 10.2 Å². The highest BCUT2D eigenvalue weighted by Gasteiger charge is 2.42. The fraction of sp³-hybridized carbons (Fsp3) is 0.409.